The van der Waals surface area contributed by atoms with Gasteiger partial charge < -0.3 is 4.90 Å². The van der Waals surface area contributed by atoms with E-state index in [2.05, 4.69) is 33.0 Å². The summed E-state index contributed by atoms with van der Waals surface area (Å²) in [4.78, 5) is 30.4. The number of aryl methyl sites for hydroxylation is 1. The average Bonchev–Trinajstić information content (AvgIpc) is 2.80. The van der Waals surface area contributed by atoms with Gasteiger partial charge in [0.05, 0.1) is 36.2 Å². The Morgan fingerprint density at radius 2 is 1.63 bits per heavy atom. The van der Waals surface area contributed by atoms with Crippen LogP contribution in [0.1, 0.15) is 39.6 Å². The number of ketones is 1. The normalized spacial score (nSPS) is 19.0. The molecule has 6 nitrogen and oxygen atoms in total. The summed E-state index contributed by atoms with van der Waals surface area (Å²) in [6.45, 7) is 5.48. The first-order chi connectivity index (χ1) is 14.7. The second-order valence-electron chi connectivity index (χ2n) is 8.09. The molecule has 0 spiro atoms. The molecule has 1 atom stereocenters. The molecule has 3 heterocycles. The van der Waals surface area contributed by atoms with Crippen molar-refractivity contribution in [2.24, 2.45) is 0 Å². The van der Waals surface area contributed by atoms with Gasteiger partial charge in [0.25, 0.3) is 5.82 Å². The summed E-state index contributed by atoms with van der Waals surface area (Å²) in [5.41, 5.74) is 3.66. The molecule has 3 aromatic rings. The molecule has 1 aliphatic carbocycles. The molecule has 1 N–H and O–H groups in total. The van der Waals surface area contributed by atoms with E-state index < -0.39 is 0 Å². The molecule has 5 rings (SSSR count). The van der Waals surface area contributed by atoms with Crippen LogP contribution in [-0.4, -0.2) is 41.9 Å². The molecule has 2 aromatic heterocycles. The molecule has 0 radical (unpaired) electrons. The van der Waals surface area contributed by atoms with Gasteiger partial charge in [-0.25, -0.2) is 15.0 Å². The topological polar surface area (TPSA) is 63.5 Å². The number of anilines is 2. The molecule has 1 aliphatic heterocycles. The fourth-order valence-electron chi connectivity index (χ4n) is 4.59. The van der Waals surface area contributed by atoms with Crippen LogP contribution in [0.15, 0.2) is 54.7 Å². The summed E-state index contributed by atoms with van der Waals surface area (Å²) in [5, 5.41) is 0. The van der Waals surface area contributed by atoms with Gasteiger partial charge in [0, 0.05) is 12.5 Å². The van der Waals surface area contributed by atoms with Gasteiger partial charge in [-0.1, -0.05) is 36.4 Å². The van der Waals surface area contributed by atoms with Gasteiger partial charge in [-0.15, -0.1) is 0 Å². The van der Waals surface area contributed by atoms with E-state index in [1.165, 1.54) is 5.56 Å². The lowest BCUT2D eigenvalue weighted by Gasteiger charge is -2.32. The van der Waals surface area contributed by atoms with Crippen molar-refractivity contribution >= 4 is 17.5 Å². The molecule has 1 fully saturated rings. The molecule has 0 amide bonds. The van der Waals surface area contributed by atoms with E-state index in [9.17, 15) is 4.79 Å². The van der Waals surface area contributed by atoms with E-state index in [4.69, 9.17) is 9.97 Å². The van der Waals surface area contributed by atoms with Crippen LogP contribution >= 0.6 is 0 Å². The first-order valence-corrected chi connectivity index (χ1v) is 10.6. The molecular weight excluding hydrogens is 374 g/mol. The second kappa shape index (κ2) is 7.86. The molecule has 152 valence electrons. The van der Waals surface area contributed by atoms with E-state index in [1.807, 2.05) is 43.5 Å². The van der Waals surface area contributed by atoms with Crippen LogP contribution in [0.4, 0.5) is 11.8 Å². The number of rotatable bonds is 3. The number of Topliss-reactive ketones (excluding diaryl/α,β-unsaturated/α-hetero) is 1. The van der Waals surface area contributed by atoms with Crippen molar-refractivity contribution in [3.63, 3.8) is 0 Å². The quantitative estimate of drug-likeness (QED) is 0.677. The standard InChI is InChI=1S/C24H25N5O/c1-17-23-20(15-19(16-21(23)30)18-7-3-2-4-8-18)27-24(26-17)29-13-11-28(12-14-29)22-9-5-6-10-25-22/h2-10,19H,11-16H2,1H3/p+1/t19-/m1/s1. The van der Waals surface area contributed by atoms with Crippen molar-refractivity contribution in [2.75, 3.05) is 36.0 Å². The summed E-state index contributed by atoms with van der Waals surface area (Å²) < 4.78 is 0. The number of nitrogens with zero attached hydrogens (tertiary/aromatic N) is 4. The van der Waals surface area contributed by atoms with Crippen molar-refractivity contribution in [1.82, 2.24) is 9.97 Å². The number of aromatic nitrogens is 3. The Morgan fingerprint density at radius 3 is 2.37 bits per heavy atom. The van der Waals surface area contributed by atoms with Gasteiger partial charge in [-0.2, -0.15) is 0 Å². The van der Waals surface area contributed by atoms with Crippen molar-refractivity contribution in [1.29, 1.82) is 0 Å². The number of hydrogen-bond acceptors (Lipinski definition) is 5. The lowest BCUT2D eigenvalue weighted by atomic mass is 9.81. The summed E-state index contributed by atoms with van der Waals surface area (Å²) in [6.07, 6.45) is 3.28. The van der Waals surface area contributed by atoms with Crippen LogP contribution in [0.5, 0.6) is 0 Å². The highest BCUT2D eigenvalue weighted by Gasteiger charge is 2.31. The third-order valence-electron chi connectivity index (χ3n) is 6.17. The Bertz CT molecular complexity index is 1050. The molecule has 0 bridgehead atoms. The van der Waals surface area contributed by atoms with Gasteiger partial charge in [0.1, 0.15) is 13.1 Å². The Hall–Kier alpha value is -3.28. The number of nitrogens with one attached hydrogen (secondary N) is 1. The van der Waals surface area contributed by atoms with Crippen molar-refractivity contribution < 1.29 is 9.78 Å². The number of pyridine rings is 1. The molecule has 0 saturated carbocycles. The van der Waals surface area contributed by atoms with E-state index in [0.717, 1.165) is 61.3 Å². The molecule has 1 saturated heterocycles. The maximum Gasteiger partial charge on any atom is 0.274 e. The number of fused-ring (bicyclic) bond motifs is 1. The summed E-state index contributed by atoms with van der Waals surface area (Å²) in [6, 6.07) is 16.5. The Morgan fingerprint density at radius 1 is 0.900 bits per heavy atom. The molecule has 2 aliphatic rings. The minimum Gasteiger partial charge on any atom is -0.333 e. The van der Waals surface area contributed by atoms with Crippen LogP contribution in [0.3, 0.4) is 0 Å². The van der Waals surface area contributed by atoms with Crippen LogP contribution in [0.2, 0.25) is 0 Å². The van der Waals surface area contributed by atoms with E-state index in [0.29, 0.717) is 6.42 Å². The maximum atomic E-state index is 12.9. The molecule has 30 heavy (non-hydrogen) atoms. The zero-order valence-electron chi connectivity index (χ0n) is 17.2. The number of carbonyl (C=O) groups excluding carboxylic acids is 1. The highest BCUT2D eigenvalue weighted by atomic mass is 16.1. The third-order valence-corrected chi connectivity index (χ3v) is 6.17. The SMILES string of the molecule is Cc1nc(N2CCN(c3cccc[nH+]3)CC2)nc2c1C(=O)C[C@H](c1ccccc1)C2. The van der Waals surface area contributed by atoms with Gasteiger partial charge in [-0.05, 0) is 30.9 Å². The maximum absolute atomic E-state index is 12.9. The van der Waals surface area contributed by atoms with Gasteiger partial charge in [-0.3, -0.25) is 9.69 Å². The fraction of sp³-hybridized carbons (Fsp3) is 0.333. The van der Waals surface area contributed by atoms with Crippen LogP contribution in [0, 0.1) is 6.92 Å². The monoisotopic (exact) mass is 400 g/mol. The number of hydrogen-bond donors (Lipinski definition) is 0. The Kier molecular flexibility index (Phi) is 4.91. The Balaban J connectivity index is 1.37. The average molecular weight is 401 g/mol. The highest BCUT2D eigenvalue weighted by molar-refractivity contribution is 5.99. The summed E-state index contributed by atoms with van der Waals surface area (Å²) in [7, 11) is 0. The predicted molar refractivity (Wildman–Crippen MR) is 116 cm³/mol. The minimum atomic E-state index is 0.165. The molecule has 1 aromatic carbocycles. The van der Waals surface area contributed by atoms with Crippen molar-refractivity contribution in [3.8, 4) is 0 Å². The number of carbonyl (C=O) groups is 1. The third kappa shape index (κ3) is 3.54. The number of aromatic amines is 1. The van der Waals surface area contributed by atoms with Crippen LogP contribution in [0.25, 0.3) is 0 Å². The molecule has 0 unspecified atom stereocenters. The number of piperazine rings is 1. The largest absolute Gasteiger partial charge is 0.333 e. The molecule has 6 heteroatoms. The smallest absolute Gasteiger partial charge is 0.274 e. The van der Waals surface area contributed by atoms with Crippen molar-refractivity contribution in [2.45, 2.75) is 25.7 Å². The van der Waals surface area contributed by atoms with E-state index in [-0.39, 0.29) is 11.7 Å². The van der Waals surface area contributed by atoms with Gasteiger partial charge >= 0.3 is 0 Å². The zero-order valence-corrected chi connectivity index (χ0v) is 17.2. The number of benzene rings is 1. The number of H-pyrrole nitrogens is 1. The minimum absolute atomic E-state index is 0.165. The van der Waals surface area contributed by atoms with Gasteiger partial charge in [0.2, 0.25) is 5.95 Å². The summed E-state index contributed by atoms with van der Waals surface area (Å²) >= 11 is 0. The van der Waals surface area contributed by atoms with E-state index in [1.54, 1.807) is 0 Å². The predicted octanol–water partition coefficient (Wildman–Crippen LogP) is 2.84. The second-order valence-corrected chi connectivity index (χ2v) is 8.09. The lowest BCUT2D eigenvalue weighted by molar-refractivity contribution is -0.364. The van der Waals surface area contributed by atoms with Crippen molar-refractivity contribution in [3.05, 3.63) is 77.2 Å². The van der Waals surface area contributed by atoms with Crippen LogP contribution < -0.4 is 14.8 Å². The first kappa shape index (κ1) is 18.7. The van der Waals surface area contributed by atoms with Crippen LogP contribution in [-0.2, 0) is 6.42 Å². The van der Waals surface area contributed by atoms with Gasteiger partial charge in [0.15, 0.2) is 5.78 Å². The molecular formula is C24H26N5O+. The van der Waals surface area contributed by atoms with E-state index >= 15 is 0 Å². The lowest BCUT2D eigenvalue weighted by Crippen LogP contribution is -2.48. The first-order valence-electron chi connectivity index (χ1n) is 10.6. The zero-order chi connectivity index (χ0) is 20.5. The fourth-order valence-corrected chi connectivity index (χ4v) is 4.59. The highest BCUT2D eigenvalue weighted by Crippen LogP contribution is 2.33. The Labute approximate surface area is 176 Å². The summed E-state index contributed by atoms with van der Waals surface area (Å²) in [5.74, 6) is 2.25.